The summed E-state index contributed by atoms with van der Waals surface area (Å²) in [6, 6.07) is 2.03. The average Bonchev–Trinajstić information content (AvgIpc) is 2.74. The molecule has 2 atom stereocenters. The molecule has 2 aliphatic rings. The lowest BCUT2D eigenvalue weighted by molar-refractivity contribution is 0.536. The molecule has 3 nitrogen and oxygen atoms in total. The van der Waals surface area contributed by atoms with E-state index in [1.807, 2.05) is 19.9 Å². The van der Waals surface area contributed by atoms with Crippen LogP contribution in [0.3, 0.4) is 0 Å². The molecule has 0 radical (unpaired) electrons. The Morgan fingerprint density at radius 3 is 2.62 bits per heavy atom. The van der Waals surface area contributed by atoms with E-state index in [1.54, 1.807) is 0 Å². The minimum Gasteiger partial charge on any atom is -0.316 e. The molecule has 2 unspecified atom stereocenters. The van der Waals surface area contributed by atoms with Crippen LogP contribution in [0.15, 0.2) is 12.1 Å². The van der Waals surface area contributed by atoms with Gasteiger partial charge in [0.05, 0.1) is 0 Å². The van der Waals surface area contributed by atoms with E-state index in [4.69, 9.17) is 0 Å². The normalized spacial score (nSPS) is 28.0. The maximum atomic E-state index is 4.54. The Balaban J connectivity index is 1.93. The Kier molecular flexibility index (Phi) is 2.28. The minimum absolute atomic E-state index is 0.708. The third kappa shape index (κ3) is 1.65. The molecule has 1 fully saturated rings. The lowest BCUT2D eigenvalue weighted by Gasteiger charge is -2.06. The van der Waals surface area contributed by atoms with Crippen molar-refractivity contribution >= 4 is 5.57 Å². The molecule has 1 aliphatic heterocycles. The molecule has 3 rings (SSSR count). The summed E-state index contributed by atoms with van der Waals surface area (Å²) in [5.74, 6) is 2.44. The standard InChI is InChI=1S/C13H17N3/c1-8-3-9(2)16-13(15-8)10-4-11-6-14-7-12(11)5-10/h3-4,11-12,14H,5-7H2,1-2H3. The maximum absolute atomic E-state index is 4.54. The van der Waals surface area contributed by atoms with E-state index in [-0.39, 0.29) is 0 Å². The zero-order valence-electron chi connectivity index (χ0n) is 9.83. The second kappa shape index (κ2) is 3.67. The summed E-state index contributed by atoms with van der Waals surface area (Å²) in [6.45, 7) is 6.35. The molecular weight excluding hydrogens is 198 g/mol. The molecule has 1 aromatic heterocycles. The van der Waals surface area contributed by atoms with Gasteiger partial charge in [0.15, 0.2) is 5.82 Å². The molecule has 0 bridgehead atoms. The predicted octanol–water partition coefficient (Wildman–Crippen LogP) is 1.72. The lowest BCUT2D eigenvalue weighted by atomic mass is 10.00. The summed E-state index contributed by atoms with van der Waals surface area (Å²) in [4.78, 5) is 9.09. The third-order valence-electron chi connectivity index (χ3n) is 3.56. The zero-order valence-corrected chi connectivity index (χ0v) is 9.83. The number of nitrogens with zero attached hydrogens (tertiary/aromatic N) is 2. The van der Waals surface area contributed by atoms with Gasteiger partial charge in [-0.1, -0.05) is 6.08 Å². The molecular formula is C13H17N3. The number of allylic oxidation sites excluding steroid dienone is 1. The van der Waals surface area contributed by atoms with Crippen molar-refractivity contribution in [3.63, 3.8) is 0 Å². The average molecular weight is 215 g/mol. The van der Waals surface area contributed by atoms with E-state index < -0.39 is 0 Å². The lowest BCUT2D eigenvalue weighted by Crippen LogP contribution is -2.09. The zero-order chi connectivity index (χ0) is 11.1. The van der Waals surface area contributed by atoms with Gasteiger partial charge in [-0.2, -0.15) is 0 Å². The van der Waals surface area contributed by atoms with Crippen LogP contribution in [0, 0.1) is 25.7 Å². The summed E-state index contributed by atoms with van der Waals surface area (Å²) in [7, 11) is 0. The van der Waals surface area contributed by atoms with Crippen LogP contribution in [0.4, 0.5) is 0 Å². The number of nitrogens with one attached hydrogen (secondary N) is 1. The van der Waals surface area contributed by atoms with Gasteiger partial charge in [-0.25, -0.2) is 9.97 Å². The molecule has 1 aromatic rings. The highest BCUT2D eigenvalue weighted by atomic mass is 14.9. The van der Waals surface area contributed by atoms with Crippen molar-refractivity contribution in [1.82, 2.24) is 15.3 Å². The first-order valence-corrected chi connectivity index (χ1v) is 5.96. The van der Waals surface area contributed by atoms with Crippen molar-refractivity contribution in [1.29, 1.82) is 0 Å². The van der Waals surface area contributed by atoms with Crippen LogP contribution in [0.5, 0.6) is 0 Å². The highest BCUT2D eigenvalue weighted by molar-refractivity contribution is 5.63. The number of fused-ring (bicyclic) bond motifs is 1. The SMILES string of the molecule is Cc1cc(C)nc(C2=CC3CNCC3C2)n1. The Morgan fingerprint density at radius 2 is 1.94 bits per heavy atom. The van der Waals surface area contributed by atoms with Crippen molar-refractivity contribution in [2.75, 3.05) is 13.1 Å². The van der Waals surface area contributed by atoms with Crippen molar-refractivity contribution in [2.45, 2.75) is 20.3 Å². The Bertz CT molecular complexity index is 430. The van der Waals surface area contributed by atoms with Gasteiger partial charge in [-0.05, 0) is 50.3 Å². The van der Waals surface area contributed by atoms with Gasteiger partial charge in [0, 0.05) is 17.9 Å². The van der Waals surface area contributed by atoms with E-state index in [2.05, 4.69) is 21.4 Å². The molecule has 0 aromatic carbocycles. The van der Waals surface area contributed by atoms with E-state index in [1.165, 1.54) is 5.57 Å². The largest absolute Gasteiger partial charge is 0.316 e. The molecule has 0 spiro atoms. The molecule has 16 heavy (non-hydrogen) atoms. The highest BCUT2D eigenvalue weighted by Gasteiger charge is 2.32. The smallest absolute Gasteiger partial charge is 0.155 e. The molecule has 0 saturated carbocycles. The number of rotatable bonds is 1. The van der Waals surface area contributed by atoms with Gasteiger partial charge in [0.25, 0.3) is 0 Å². The molecule has 0 amide bonds. The number of hydrogen-bond donors (Lipinski definition) is 1. The van der Waals surface area contributed by atoms with Crippen LogP contribution in [0.2, 0.25) is 0 Å². The van der Waals surface area contributed by atoms with E-state index in [0.29, 0.717) is 5.92 Å². The first kappa shape index (κ1) is 9.97. The van der Waals surface area contributed by atoms with Crippen LogP contribution >= 0.6 is 0 Å². The molecule has 1 N–H and O–H groups in total. The highest BCUT2D eigenvalue weighted by Crippen LogP contribution is 2.37. The van der Waals surface area contributed by atoms with Crippen LogP contribution in [0.25, 0.3) is 5.57 Å². The fourth-order valence-corrected chi connectivity index (χ4v) is 2.82. The summed E-state index contributed by atoms with van der Waals surface area (Å²) in [5, 5.41) is 3.43. The van der Waals surface area contributed by atoms with Crippen molar-refractivity contribution in [3.8, 4) is 0 Å². The van der Waals surface area contributed by atoms with Gasteiger partial charge in [-0.3, -0.25) is 0 Å². The monoisotopic (exact) mass is 215 g/mol. The van der Waals surface area contributed by atoms with Gasteiger partial charge >= 0.3 is 0 Å². The second-order valence-electron chi connectivity index (χ2n) is 4.95. The molecule has 2 heterocycles. The summed E-state index contributed by atoms with van der Waals surface area (Å²) in [5.41, 5.74) is 3.49. The van der Waals surface area contributed by atoms with Gasteiger partial charge in [0.1, 0.15) is 0 Å². The van der Waals surface area contributed by atoms with Gasteiger partial charge in [-0.15, -0.1) is 0 Å². The summed E-state index contributed by atoms with van der Waals surface area (Å²) in [6.07, 6.45) is 3.51. The van der Waals surface area contributed by atoms with Crippen LogP contribution in [-0.2, 0) is 0 Å². The van der Waals surface area contributed by atoms with Gasteiger partial charge < -0.3 is 5.32 Å². The fourth-order valence-electron chi connectivity index (χ4n) is 2.82. The number of aromatic nitrogens is 2. The van der Waals surface area contributed by atoms with E-state index >= 15 is 0 Å². The summed E-state index contributed by atoms with van der Waals surface area (Å²) >= 11 is 0. The molecule has 1 aliphatic carbocycles. The molecule has 1 saturated heterocycles. The second-order valence-corrected chi connectivity index (χ2v) is 4.95. The Morgan fingerprint density at radius 1 is 1.19 bits per heavy atom. The topological polar surface area (TPSA) is 37.8 Å². The van der Waals surface area contributed by atoms with Crippen molar-refractivity contribution < 1.29 is 0 Å². The number of aryl methyl sites for hydroxylation is 2. The molecule has 3 heteroatoms. The van der Waals surface area contributed by atoms with Crippen LogP contribution in [-0.4, -0.2) is 23.1 Å². The first-order valence-electron chi connectivity index (χ1n) is 5.96. The molecule has 84 valence electrons. The van der Waals surface area contributed by atoms with Crippen molar-refractivity contribution in [3.05, 3.63) is 29.4 Å². The Hall–Kier alpha value is -1.22. The Labute approximate surface area is 96.0 Å². The summed E-state index contributed by atoms with van der Waals surface area (Å²) < 4.78 is 0. The maximum Gasteiger partial charge on any atom is 0.155 e. The minimum atomic E-state index is 0.708. The van der Waals surface area contributed by atoms with E-state index in [0.717, 1.165) is 42.6 Å². The van der Waals surface area contributed by atoms with Gasteiger partial charge in [0.2, 0.25) is 0 Å². The number of hydrogen-bond acceptors (Lipinski definition) is 3. The van der Waals surface area contributed by atoms with Crippen LogP contribution < -0.4 is 5.32 Å². The first-order chi connectivity index (χ1) is 7.72. The van der Waals surface area contributed by atoms with E-state index in [9.17, 15) is 0 Å². The third-order valence-corrected chi connectivity index (χ3v) is 3.56. The van der Waals surface area contributed by atoms with Crippen molar-refractivity contribution in [2.24, 2.45) is 11.8 Å². The predicted molar refractivity (Wildman–Crippen MR) is 63.9 cm³/mol. The van der Waals surface area contributed by atoms with Crippen LogP contribution in [0.1, 0.15) is 23.6 Å². The quantitative estimate of drug-likeness (QED) is 0.775. The fraction of sp³-hybridized carbons (Fsp3) is 0.538.